The van der Waals surface area contributed by atoms with Gasteiger partial charge in [-0.2, -0.15) is 0 Å². The molecule has 0 unspecified atom stereocenters. The number of rotatable bonds is 15. The van der Waals surface area contributed by atoms with Gasteiger partial charge in [-0.1, -0.05) is 38.5 Å². The average molecular weight is 318 g/mol. The molecule has 0 spiro atoms. The molecule has 22 heavy (non-hydrogen) atoms. The minimum Gasteiger partial charge on any atom is -0.466 e. The van der Waals surface area contributed by atoms with Crippen LogP contribution in [0.4, 0.5) is 0 Å². The summed E-state index contributed by atoms with van der Waals surface area (Å²) < 4.78 is 9.87. The van der Waals surface area contributed by atoms with Crippen molar-refractivity contribution in [3.05, 3.63) is 0 Å². The predicted molar refractivity (Wildman–Crippen MR) is 82.3 cm³/mol. The number of carbonyl (C=O) groups excluding carboxylic acids is 2. The van der Waals surface area contributed by atoms with Crippen molar-refractivity contribution in [2.75, 3.05) is 26.4 Å². The van der Waals surface area contributed by atoms with Crippen LogP contribution in [-0.4, -0.2) is 48.6 Å². The molecule has 0 aliphatic rings. The standard InChI is InChI=1S/C16H30O6/c17-11-9-15(19)21-13-7-5-3-1-2-4-6-8-14-22-16(20)10-12-18/h17-18H,1-14H2. The van der Waals surface area contributed by atoms with Crippen LogP contribution in [0.1, 0.15) is 64.2 Å². The van der Waals surface area contributed by atoms with Crippen molar-refractivity contribution in [3.8, 4) is 0 Å². The van der Waals surface area contributed by atoms with Gasteiger partial charge in [0.2, 0.25) is 0 Å². The topological polar surface area (TPSA) is 93.1 Å². The van der Waals surface area contributed by atoms with Gasteiger partial charge in [0.15, 0.2) is 0 Å². The number of hydrogen-bond acceptors (Lipinski definition) is 6. The lowest BCUT2D eigenvalue weighted by atomic mass is 10.1. The fourth-order valence-corrected chi connectivity index (χ4v) is 1.96. The third-order valence-electron chi connectivity index (χ3n) is 3.20. The van der Waals surface area contributed by atoms with Gasteiger partial charge in [0, 0.05) is 0 Å². The zero-order valence-electron chi connectivity index (χ0n) is 13.4. The van der Waals surface area contributed by atoms with Gasteiger partial charge in [-0.15, -0.1) is 0 Å². The first-order chi connectivity index (χ1) is 10.7. The zero-order chi connectivity index (χ0) is 16.5. The Morgan fingerprint density at radius 1 is 0.591 bits per heavy atom. The van der Waals surface area contributed by atoms with Gasteiger partial charge >= 0.3 is 11.9 Å². The molecule has 0 saturated heterocycles. The predicted octanol–water partition coefficient (Wildman–Crippen LogP) is 1.96. The second kappa shape index (κ2) is 16.2. The Morgan fingerprint density at radius 3 is 1.23 bits per heavy atom. The first-order valence-electron chi connectivity index (χ1n) is 8.23. The number of aliphatic hydroxyl groups is 2. The van der Waals surface area contributed by atoms with Crippen molar-refractivity contribution in [2.24, 2.45) is 0 Å². The largest absolute Gasteiger partial charge is 0.466 e. The van der Waals surface area contributed by atoms with Crippen LogP contribution in [-0.2, 0) is 19.1 Å². The number of unbranched alkanes of at least 4 members (excludes halogenated alkanes) is 7. The molecule has 6 heteroatoms. The Bertz CT molecular complexity index is 252. The molecule has 0 bridgehead atoms. The van der Waals surface area contributed by atoms with E-state index >= 15 is 0 Å². The van der Waals surface area contributed by atoms with Gasteiger partial charge in [0.1, 0.15) is 0 Å². The van der Waals surface area contributed by atoms with Crippen molar-refractivity contribution in [3.63, 3.8) is 0 Å². The molecule has 6 nitrogen and oxygen atoms in total. The van der Waals surface area contributed by atoms with E-state index in [1.807, 2.05) is 0 Å². The molecular weight excluding hydrogens is 288 g/mol. The summed E-state index contributed by atoms with van der Waals surface area (Å²) in [6.07, 6.45) is 8.58. The molecule has 2 N–H and O–H groups in total. The van der Waals surface area contributed by atoms with Gasteiger partial charge in [-0.25, -0.2) is 0 Å². The van der Waals surface area contributed by atoms with E-state index in [9.17, 15) is 9.59 Å². The lowest BCUT2D eigenvalue weighted by Crippen LogP contribution is -2.07. The highest BCUT2D eigenvalue weighted by Gasteiger charge is 2.01. The summed E-state index contributed by atoms with van der Waals surface area (Å²) in [6, 6.07) is 0. The normalized spacial score (nSPS) is 10.5. The Hall–Kier alpha value is -1.14. The molecule has 0 aromatic rings. The Morgan fingerprint density at radius 2 is 0.909 bits per heavy atom. The minimum atomic E-state index is -0.331. The van der Waals surface area contributed by atoms with Crippen LogP contribution in [0.15, 0.2) is 0 Å². The van der Waals surface area contributed by atoms with Crippen molar-refractivity contribution in [2.45, 2.75) is 64.2 Å². The van der Waals surface area contributed by atoms with Crippen molar-refractivity contribution in [1.82, 2.24) is 0 Å². The molecule has 0 atom stereocenters. The highest BCUT2D eigenvalue weighted by molar-refractivity contribution is 5.69. The highest BCUT2D eigenvalue weighted by atomic mass is 16.5. The molecular formula is C16H30O6. The molecule has 0 aliphatic heterocycles. The van der Waals surface area contributed by atoms with Gasteiger partial charge in [0.25, 0.3) is 0 Å². The van der Waals surface area contributed by atoms with Crippen molar-refractivity contribution >= 4 is 11.9 Å². The molecule has 0 aromatic carbocycles. The molecule has 0 amide bonds. The average Bonchev–Trinajstić information content (AvgIpc) is 2.49. The number of esters is 2. The maximum Gasteiger partial charge on any atom is 0.308 e. The number of ether oxygens (including phenoxy) is 2. The fourth-order valence-electron chi connectivity index (χ4n) is 1.96. The lowest BCUT2D eigenvalue weighted by molar-refractivity contribution is -0.145. The summed E-state index contributed by atoms with van der Waals surface area (Å²) in [7, 11) is 0. The molecule has 0 saturated carbocycles. The molecule has 130 valence electrons. The maximum absolute atomic E-state index is 11.0. The smallest absolute Gasteiger partial charge is 0.308 e. The molecule has 0 rings (SSSR count). The second-order valence-electron chi connectivity index (χ2n) is 5.22. The van der Waals surface area contributed by atoms with E-state index in [2.05, 4.69) is 0 Å². The van der Waals surface area contributed by atoms with Crippen LogP contribution < -0.4 is 0 Å². The SMILES string of the molecule is O=C(CCO)OCCCCCCCCCCOC(=O)CCO. The minimum absolute atomic E-state index is 0.0787. The van der Waals surface area contributed by atoms with E-state index in [1.165, 1.54) is 0 Å². The van der Waals surface area contributed by atoms with Crippen molar-refractivity contribution in [1.29, 1.82) is 0 Å². The summed E-state index contributed by atoms with van der Waals surface area (Å²) in [5, 5.41) is 17.1. The number of carbonyl (C=O) groups is 2. The molecule has 0 fully saturated rings. The van der Waals surface area contributed by atoms with Crippen LogP contribution in [0.3, 0.4) is 0 Å². The Kier molecular flexibility index (Phi) is 15.4. The van der Waals surface area contributed by atoms with Crippen LogP contribution in [0, 0.1) is 0 Å². The Labute approximate surface area is 132 Å². The summed E-state index contributed by atoms with van der Waals surface area (Å²) in [5.41, 5.74) is 0. The second-order valence-corrected chi connectivity index (χ2v) is 5.22. The molecule has 0 aliphatic carbocycles. The summed E-state index contributed by atoms with van der Waals surface area (Å²) in [6.45, 7) is 0.578. The molecule has 0 heterocycles. The van der Waals surface area contributed by atoms with Crippen LogP contribution in [0.2, 0.25) is 0 Å². The number of hydrogen-bond donors (Lipinski definition) is 2. The molecule has 0 aromatic heterocycles. The first kappa shape index (κ1) is 20.9. The van der Waals surface area contributed by atoms with E-state index in [-0.39, 0.29) is 38.0 Å². The molecule has 0 radical (unpaired) electrons. The van der Waals surface area contributed by atoms with E-state index < -0.39 is 0 Å². The number of aliphatic hydroxyl groups excluding tert-OH is 2. The maximum atomic E-state index is 11.0. The third kappa shape index (κ3) is 15.3. The van der Waals surface area contributed by atoms with E-state index in [4.69, 9.17) is 19.7 Å². The van der Waals surface area contributed by atoms with Crippen molar-refractivity contribution < 1.29 is 29.3 Å². The van der Waals surface area contributed by atoms with Gasteiger partial charge < -0.3 is 19.7 Å². The monoisotopic (exact) mass is 318 g/mol. The fraction of sp³-hybridized carbons (Fsp3) is 0.875. The summed E-state index contributed by atoms with van der Waals surface area (Å²) in [5.74, 6) is -0.663. The van der Waals surface area contributed by atoms with Gasteiger partial charge in [-0.05, 0) is 12.8 Å². The highest BCUT2D eigenvalue weighted by Crippen LogP contribution is 2.09. The lowest BCUT2D eigenvalue weighted by Gasteiger charge is -2.05. The first-order valence-corrected chi connectivity index (χ1v) is 8.23. The third-order valence-corrected chi connectivity index (χ3v) is 3.20. The van der Waals surface area contributed by atoms with E-state index in [0.717, 1.165) is 51.4 Å². The van der Waals surface area contributed by atoms with Gasteiger partial charge in [0.05, 0.1) is 39.3 Å². The van der Waals surface area contributed by atoms with Gasteiger partial charge in [-0.3, -0.25) is 9.59 Å². The summed E-state index contributed by atoms with van der Waals surface area (Å²) in [4.78, 5) is 21.9. The van der Waals surface area contributed by atoms with E-state index in [1.54, 1.807) is 0 Å². The Balaban J connectivity index is 3.11. The zero-order valence-corrected chi connectivity index (χ0v) is 13.4. The summed E-state index contributed by atoms with van der Waals surface area (Å²) >= 11 is 0. The van der Waals surface area contributed by atoms with Crippen LogP contribution in [0.5, 0.6) is 0 Å². The van der Waals surface area contributed by atoms with Crippen LogP contribution >= 0.6 is 0 Å². The quantitative estimate of drug-likeness (QED) is 0.354. The van der Waals surface area contributed by atoms with Crippen LogP contribution in [0.25, 0.3) is 0 Å². The van der Waals surface area contributed by atoms with E-state index in [0.29, 0.717) is 13.2 Å².